The SMILES string of the molecule is COc1ccccc1-n1ncnc1[C@@H]1CC(=O)N(C2CCCC2)C1. The lowest BCUT2D eigenvalue weighted by atomic mass is 10.1. The summed E-state index contributed by atoms with van der Waals surface area (Å²) in [6, 6.07) is 8.17. The van der Waals surface area contributed by atoms with Crippen LogP contribution in [0.15, 0.2) is 30.6 Å². The van der Waals surface area contributed by atoms with E-state index in [-0.39, 0.29) is 11.8 Å². The number of likely N-dealkylation sites (tertiary alicyclic amines) is 1. The Morgan fingerprint density at radius 2 is 2.00 bits per heavy atom. The molecule has 6 nitrogen and oxygen atoms in total. The number of nitrogens with zero attached hydrogens (tertiary/aromatic N) is 4. The summed E-state index contributed by atoms with van der Waals surface area (Å²) in [5.74, 6) is 1.93. The largest absolute Gasteiger partial charge is 0.494 e. The first kappa shape index (κ1) is 15.2. The van der Waals surface area contributed by atoms with Gasteiger partial charge in [0.15, 0.2) is 0 Å². The van der Waals surface area contributed by atoms with Crippen molar-refractivity contribution in [2.24, 2.45) is 0 Å². The molecule has 1 atom stereocenters. The number of carbonyl (C=O) groups excluding carboxylic acids is 1. The van der Waals surface area contributed by atoms with Crippen LogP contribution >= 0.6 is 0 Å². The van der Waals surface area contributed by atoms with E-state index in [1.54, 1.807) is 13.4 Å². The van der Waals surface area contributed by atoms with Gasteiger partial charge in [0.25, 0.3) is 0 Å². The van der Waals surface area contributed by atoms with E-state index in [0.29, 0.717) is 12.5 Å². The lowest BCUT2D eigenvalue weighted by molar-refractivity contribution is -0.129. The number of aromatic nitrogens is 3. The van der Waals surface area contributed by atoms with Gasteiger partial charge < -0.3 is 9.64 Å². The maximum absolute atomic E-state index is 12.5. The number of rotatable bonds is 4. The van der Waals surface area contributed by atoms with Crippen LogP contribution in [0.5, 0.6) is 5.75 Å². The highest BCUT2D eigenvalue weighted by Gasteiger charge is 2.38. The van der Waals surface area contributed by atoms with E-state index in [2.05, 4.69) is 15.0 Å². The zero-order chi connectivity index (χ0) is 16.5. The van der Waals surface area contributed by atoms with Crippen molar-refractivity contribution < 1.29 is 9.53 Å². The molecule has 2 aliphatic rings. The van der Waals surface area contributed by atoms with E-state index in [1.807, 2.05) is 28.9 Å². The van der Waals surface area contributed by atoms with E-state index in [9.17, 15) is 4.79 Å². The van der Waals surface area contributed by atoms with Gasteiger partial charge in [-0.2, -0.15) is 5.10 Å². The highest BCUT2D eigenvalue weighted by atomic mass is 16.5. The van der Waals surface area contributed by atoms with Crippen molar-refractivity contribution in [3.63, 3.8) is 0 Å². The van der Waals surface area contributed by atoms with Crippen LogP contribution in [0.4, 0.5) is 0 Å². The lowest BCUT2D eigenvalue weighted by Gasteiger charge is -2.24. The van der Waals surface area contributed by atoms with Gasteiger partial charge in [0.1, 0.15) is 23.6 Å². The van der Waals surface area contributed by atoms with Crippen LogP contribution in [0.1, 0.15) is 43.8 Å². The Morgan fingerprint density at radius 1 is 1.21 bits per heavy atom. The number of amides is 1. The number of benzene rings is 1. The fourth-order valence-corrected chi connectivity index (χ4v) is 3.99. The van der Waals surface area contributed by atoms with Gasteiger partial charge in [-0.3, -0.25) is 4.79 Å². The molecule has 6 heteroatoms. The molecule has 1 aliphatic carbocycles. The van der Waals surface area contributed by atoms with Crippen LogP contribution < -0.4 is 4.74 Å². The molecule has 1 amide bonds. The minimum Gasteiger partial charge on any atom is -0.494 e. The number of carbonyl (C=O) groups is 1. The molecule has 1 aromatic heterocycles. The summed E-state index contributed by atoms with van der Waals surface area (Å²) >= 11 is 0. The fraction of sp³-hybridized carbons (Fsp3) is 0.500. The quantitative estimate of drug-likeness (QED) is 0.866. The average Bonchev–Trinajstić information content (AvgIpc) is 3.34. The van der Waals surface area contributed by atoms with Crippen LogP contribution in [-0.4, -0.2) is 45.3 Å². The highest BCUT2D eigenvalue weighted by molar-refractivity contribution is 5.80. The van der Waals surface area contributed by atoms with Crippen molar-refractivity contribution in [3.8, 4) is 11.4 Å². The van der Waals surface area contributed by atoms with Gasteiger partial charge in [0.05, 0.1) is 7.11 Å². The summed E-state index contributed by atoms with van der Waals surface area (Å²) in [6.45, 7) is 0.747. The molecule has 4 rings (SSSR count). The molecule has 0 spiro atoms. The average molecular weight is 326 g/mol. The van der Waals surface area contributed by atoms with Gasteiger partial charge in [-0.25, -0.2) is 9.67 Å². The summed E-state index contributed by atoms with van der Waals surface area (Å²) in [6.07, 6.45) is 6.82. The minimum absolute atomic E-state index is 0.0884. The van der Waals surface area contributed by atoms with E-state index in [4.69, 9.17) is 4.74 Å². The second kappa shape index (κ2) is 6.26. The third kappa shape index (κ3) is 2.56. The summed E-state index contributed by atoms with van der Waals surface area (Å²) < 4.78 is 7.26. The normalized spacial score (nSPS) is 21.6. The number of ether oxygens (including phenoxy) is 1. The first-order valence-corrected chi connectivity index (χ1v) is 8.60. The predicted molar refractivity (Wildman–Crippen MR) is 89.2 cm³/mol. The summed E-state index contributed by atoms with van der Waals surface area (Å²) in [7, 11) is 1.65. The second-order valence-electron chi connectivity index (χ2n) is 6.59. The third-order valence-corrected chi connectivity index (χ3v) is 5.18. The molecule has 1 aliphatic heterocycles. The van der Waals surface area contributed by atoms with Crippen molar-refractivity contribution >= 4 is 5.91 Å². The monoisotopic (exact) mass is 326 g/mol. The van der Waals surface area contributed by atoms with Gasteiger partial charge in [-0.15, -0.1) is 0 Å². The smallest absolute Gasteiger partial charge is 0.223 e. The van der Waals surface area contributed by atoms with E-state index in [1.165, 1.54) is 12.8 Å². The van der Waals surface area contributed by atoms with Gasteiger partial charge in [0, 0.05) is 24.9 Å². The Morgan fingerprint density at radius 3 is 2.79 bits per heavy atom. The predicted octanol–water partition coefficient (Wildman–Crippen LogP) is 2.53. The Bertz CT molecular complexity index is 736. The Kier molecular flexibility index (Phi) is 3.96. The molecule has 0 radical (unpaired) electrons. The van der Waals surface area contributed by atoms with Crippen LogP contribution in [0, 0.1) is 0 Å². The van der Waals surface area contributed by atoms with Crippen LogP contribution in [-0.2, 0) is 4.79 Å². The molecule has 0 N–H and O–H groups in total. The van der Waals surface area contributed by atoms with Gasteiger partial charge >= 0.3 is 0 Å². The third-order valence-electron chi connectivity index (χ3n) is 5.18. The van der Waals surface area contributed by atoms with Gasteiger partial charge in [-0.05, 0) is 25.0 Å². The molecular formula is C18H22N4O2. The second-order valence-corrected chi connectivity index (χ2v) is 6.59. The van der Waals surface area contributed by atoms with Gasteiger partial charge in [0.2, 0.25) is 5.91 Å². The van der Waals surface area contributed by atoms with Crippen LogP contribution in [0.3, 0.4) is 0 Å². The standard InChI is InChI=1S/C18H22N4O2/c1-24-16-9-5-4-8-15(16)22-18(19-12-20-22)13-10-17(23)21(11-13)14-6-2-3-7-14/h4-5,8-9,12-14H,2-3,6-7,10-11H2,1H3/t13-/m1/s1. The van der Waals surface area contributed by atoms with Crippen LogP contribution in [0.25, 0.3) is 5.69 Å². The molecule has 2 aromatic rings. The molecule has 2 heterocycles. The summed E-state index contributed by atoms with van der Waals surface area (Å²) in [5.41, 5.74) is 0.860. The van der Waals surface area contributed by atoms with Crippen molar-refractivity contribution in [3.05, 3.63) is 36.4 Å². The van der Waals surface area contributed by atoms with Crippen molar-refractivity contribution in [1.29, 1.82) is 0 Å². The minimum atomic E-state index is 0.0884. The molecule has 2 fully saturated rings. The Balaban J connectivity index is 1.62. The number of para-hydroxylation sites is 2. The molecule has 1 saturated carbocycles. The van der Waals surface area contributed by atoms with Crippen LogP contribution in [0.2, 0.25) is 0 Å². The molecule has 24 heavy (non-hydrogen) atoms. The fourth-order valence-electron chi connectivity index (χ4n) is 3.99. The number of methoxy groups -OCH3 is 1. The maximum Gasteiger partial charge on any atom is 0.223 e. The lowest BCUT2D eigenvalue weighted by Crippen LogP contribution is -2.34. The molecular weight excluding hydrogens is 304 g/mol. The first-order chi connectivity index (χ1) is 11.8. The summed E-state index contributed by atoms with van der Waals surface area (Å²) in [5, 5.41) is 4.38. The maximum atomic E-state index is 12.5. The van der Waals surface area contributed by atoms with E-state index in [0.717, 1.165) is 36.6 Å². The first-order valence-electron chi connectivity index (χ1n) is 8.60. The molecule has 0 bridgehead atoms. The number of hydrogen-bond donors (Lipinski definition) is 0. The Labute approximate surface area is 141 Å². The zero-order valence-electron chi connectivity index (χ0n) is 13.9. The van der Waals surface area contributed by atoms with E-state index >= 15 is 0 Å². The van der Waals surface area contributed by atoms with Gasteiger partial charge in [-0.1, -0.05) is 25.0 Å². The Hall–Kier alpha value is -2.37. The molecule has 126 valence electrons. The summed E-state index contributed by atoms with van der Waals surface area (Å²) in [4.78, 5) is 19.0. The highest BCUT2D eigenvalue weighted by Crippen LogP contribution is 2.34. The van der Waals surface area contributed by atoms with Crippen molar-refractivity contribution in [2.75, 3.05) is 13.7 Å². The van der Waals surface area contributed by atoms with Crippen molar-refractivity contribution in [1.82, 2.24) is 19.7 Å². The topological polar surface area (TPSA) is 60.2 Å². The van der Waals surface area contributed by atoms with Crippen molar-refractivity contribution in [2.45, 2.75) is 44.1 Å². The molecule has 1 aromatic carbocycles. The van der Waals surface area contributed by atoms with E-state index < -0.39 is 0 Å². The number of hydrogen-bond acceptors (Lipinski definition) is 4. The zero-order valence-corrected chi connectivity index (χ0v) is 13.9. The molecule has 1 saturated heterocycles. The molecule has 0 unspecified atom stereocenters.